The Balaban J connectivity index is 1.13. The molecule has 0 radical (unpaired) electrons. The SMILES string of the molecule is C#Cc1cccc(-c2cc(-c3cccc(-c4nc(-c5ccccc5)nc(-n5c6ccccc6c6cc7c(cc65)C(C)(C)c5ccccc5-7)n4)c3)cc(-c3cccc(C#C)c3C#C)c2)c1C#C. The van der Waals surface area contributed by atoms with Crippen LogP contribution in [-0.4, -0.2) is 19.5 Å². The van der Waals surface area contributed by atoms with Crippen molar-refractivity contribution in [3.63, 3.8) is 0 Å². The number of benzene rings is 8. The van der Waals surface area contributed by atoms with Gasteiger partial charge in [0.15, 0.2) is 11.6 Å². The third-order valence-corrected chi connectivity index (χ3v) is 13.0. The van der Waals surface area contributed by atoms with Crippen LogP contribution in [-0.2, 0) is 5.41 Å². The van der Waals surface area contributed by atoms with Gasteiger partial charge in [-0.1, -0.05) is 153 Å². The van der Waals surface area contributed by atoms with E-state index in [0.717, 1.165) is 66.3 Å². The molecule has 0 bridgehead atoms. The summed E-state index contributed by atoms with van der Waals surface area (Å²) >= 11 is 0. The molecule has 0 saturated carbocycles. The van der Waals surface area contributed by atoms with Crippen molar-refractivity contribution in [3.8, 4) is 123 Å². The Bertz CT molecular complexity index is 3740. The number of aromatic nitrogens is 4. The molecule has 8 aromatic carbocycles. The van der Waals surface area contributed by atoms with Crippen molar-refractivity contribution in [3.05, 3.63) is 203 Å². The van der Waals surface area contributed by atoms with E-state index >= 15 is 0 Å². The van der Waals surface area contributed by atoms with E-state index < -0.39 is 0 Å². The standard InChI is InChI=1S/C62H38N4/c1-7-39-23-19-29-49(47(39)9-3)45-34-44(35-46(36-45)50-30-20-24-40(8-2)48(50)10-4)42-25-18-26-43(33-42)60-63-59(41-21-12-11-13-22-41)64-61(65-60)66-57-32-17-15-28-52(57)54-37-53-51-27-14-16-31-55(51)62(5,6)56(53)38-58(54)66/h1-4,11-38H,5-6H3. The Morgan fingerprint density at radius 3 is 1.62 bits per heavy atom. The normalized spacial score (nSPS) is 12.2. The van der Waals surface area contributed by atoms with Gasteiger partial charge in [-0.25, -0.2) is 4.98 Å². The van der Waals surface area contributed by atoms with Crippen molar-refractivity contribution in [2.24, 2.45) is 0 Å². The van der Waals surface area contributed by atoms with Crippen molar-refractivity contribution in [1.82, 2.24) is 19.5 Å². The molecule has 11 rings (SSSR count). The fraction of sp³-hybridized carbons (Fsp3) is 0.0484. The van der Waals surface area contributed by atoms with Crippen LogP contribution >= 0.6 is 0 Å². The summed E-state index contributed by atoms with van der Waals surface area (Å²) in [5, 5.41) is 2.26. The van der Waals surface area contributed by atoms with E-state index in [9.17, 15) is 0 Å². The van der Waals surface area contributed by atoms with Crippen LogP contribution in [0.4, 0.5) is 0 Å². The lowest BCUT2D eigenvalue weighted by atomic mass is 9.82. The van der Waals surface area contributed by atoms with E-state index in [4.69, 9.17) is 40.6 Å². The Kier molecular flexibility index (Phi) is 9.34. The van der Waals surface area contributed by atoms with Gasteiger partial charge in [-0.2, -0.15) is 9.97 Å². The van der Waals surface area contributed by atoms with Crippen molar-refractivity contribution < 1.29 is 0 Å². The van der Waals surface area contributed by atoms with Crippen LogP contribution in [0.5, 0.6) is 0 Å². The molecule has 2 aromatic heterocycles. The minimum Gasteiger partial charge on any atom is -0.278 e. The van der Waals surface area contributed by atoms with Crippen LogP contribution in [0.15, 0.2) is 170 Å². The predicted molar refractivity (Wildman–Crippen MR) is 271 cm³/mol. The Labute approximate surface area is 384 Å². The lowest BCUT2D eigenvalue weighted by Gasteiger charge is -2.21. The summed E-state index contributed by atoms with van der Waals surface area (Å²) in [6.45, 7) is 4.61. The fourth-order valence-electron chi connectivity index (χ4n) is 9.77. The summed E-state index contributed by atoms with van der Waals surface area (Å²) in [5.74, 6) is 12.9. The first-order valence-electron chi connectivity index (χ1n) is 21.7. The molecule has 0 unspecified atom stereocenters. The van der Waals surface area contributed by atoms with Gasteiger partial charge in [0.1, 0.15) is 0 Å². The molecule has 306 valence electrons. The molecule has 1 aliphatic rings. The lowest BCUT2D eigenvalue weighted by Crippen LogP contribution is -2.15. The molecule has 0 N–H and O–H groups in total. The first-order valence-corrected chi connectivity index (χ1v) is 21.7. The molecule has 0 aliphatic heterocycles. The van der Waals surface area contributed by atoms with Crippen LogP contribution in [0.25, 0.3) is 95.0 Å². The lowest BCUT2D eigenvalue weighted by molar-refractivity contribution is 0.661. The Hall–Kier alpha value is -9.19. The zero-order valence-corrected chi connectivity index (χ0v) is 36.3. The van der Waals surface area contributed by atoms with Gasteiger partial charge in [0.2, 0.25) is 5.95 Å². The summed E-state index contributed by atoms with van der Waals surface area (Å²) in [6.07, 6.45) is 24.2. The maximum atomic E-state index is 6.13. The van der Waals surface area contributed by atoms with Crippen LogP contribution in [0.2, 0.25) is 0 Å². The van der Waals surface area contributed by atoms with Gasteiger partial charge in [-0.05, 0) is 110 Å². The highest BCUT2D eigenvalue weighted by Gasteiger charge is 2.36. The molecule has 4 heteroatoms. The highest BCUT2D eigenvalue weighted by molar-refractivity contribution is 6.11. The van der Waals surface area contributed by atoms with Crippen LogP contribution in [0, 0.1) is 49.4 Å². The number of hydrogen-bond acceptors (Lipinski definition) is 3. The van der Waals surface area contributed by atoms with Crippen molar-refractivity contribution >= 4 is 21.8 Å². The van der Waals surface area contributed by atoms with Crippen molar-refractivity contribution in [1.29, 1.82) is 0 Å². The third kappa shape index (κ3) is 6.29. The summed E-state index contributed by atoms with van der Waals surface area (Å²) in [7, 11) is 0. The minimum atomic E-state index is -0.197. The molecule has 0 saturated heterocycles. The first kappa shape index (κ1) is 39.6. The third-order valence-electron chi connectivity index (χ3n) is 13.0. The van der Waals surface area contributed by atoms with E-state index in [1.807, 2.05) is 78.9 Å². The van der Waals surface area contributed by atoms with E-state index in [1.165, 1.54) is 22.3 Å². The van der Waals surface area contributed by atoms with Gasteiger partial charge in [0.25, 0.3) is 0 Å². The van der Waals surface area contributed by atoms with Gasteiger partial charge in [0, 0.05) is 49.6 Å². The molecule has 66 heavy (non-hydrogen) atoms. The second-order valence-electron chi connectivity index (χ2n) is 17.0. The Morgan fingerprint density at radius 1 is 0.394 bits per heavy atom. The summed E-state index contributed by atoms with van der Waals surface area (Å²) in [6, 6.07) is 58.2. The molecular weight excluding hydrogens is 801 g/mol. The number of rotatable bonds is 6. The molecule has 0 fully saturated rings. The summed E-state index contributed by atoms with van der Waals surface area (Å²) in [5.41, 5.74) is 16.5. The second-order valence-corrected chi connectivity index (χ2v) is 17.0. The number of nitrogens with zero attached hydrogens (tertiary/aromatic N) is 4. The maximum Gasteiger partial charge on any atom is 0.238 e. The fourth-order valence-corrected chi connectivity index (χ4v) is 9.77. The number of para-hydroxylation sites is 1. The molecule has 4 nitrogen and oxygen atoms in total. The highest BCUT2D eigenvalue weighted by atomic mass is 15.2. The van der Waals surface area contributed by atoms with E-state index in [0.29, 0.717) is 39.9 Å². The van der Waals surface area contributed by atoms with Gasteiger partial charge < -0.3 is 0 Å². The van der Waals surface area contributed by atoms with Gasteiger partial charge >= 0.3 is 0 Å². The molecular formula is C62H38N4. The average molecular weight is 839 g/mol. The summed E-state index contributed by atoms with van der Waals surface area (Å²) in [4.78, 5) is 15.8. The maximum absolute atomic E-state index is 6.13. The molecule has 0 atom stereocenters. The van der Waals surface area contributed by atoms with Gasteiger partial charge in [-0.15, -0.1) is 25.7 Å². The zero-order chi connectivity index (χ0) is 45.1. The number of fused-ring (bicyclic) bond motifs is 6. The van der Waals surface area contributed by atoms with Gasteiger partial charge in [0.05, 0.1) is 11.0 Å². The van der Waals surface area contributed by atoms with E-state index in [-0.39, 0.29) is 5.41 Å². The minimum absolute atomic E-state index is 0.197. The van der Waals surface area contributed by atoms with Crippen LogP contribution in [0.1, 0.15) is 47.2 Å². The molecule has 10 aromatic rings. The van der Waals surface area contributed by atoms with Gasteiger partial charge in [-0.3, -0.25) is 4.57 Å². The summed E-state index contributed by atoms with van der Waals surface area (Å²) < 4.78 is 2.20. The van der Waals surface area contributed by atoms with Crippen molar-refractivity contribution in [2.45, 2.75) is 19.3 Å². The number of hydrogen-bond donors (Lipinski definition) is 0. The second kappa shape index (κ2) is 15.6. The van der Waals surface area contributed by atoms with E-state index in [2.05, 4.69) is 133 Å². The van der Waals surface area contributed by atoms with E-state index in [1.54, 1.807) is 0 Å². The van der Waals surface area contributed by atoms with Crippen LogP contribution in [0.3, 0.4) is 0 Å². The molecule has 0 spiro atoms. The Morgan fingerprint density at radius 2 is 0.939 bits per heavy atom. The molecule has 0 amide bonds. The monoisotopic (exact) mass is 838 g/mol. The molecule has 2 heterocycles. The average Bonchev–Trinajstić information content (AvgIpc) is 3.82. The largest absolute Gasteiger partial charge is 0.278 e. The topological polar surface area (TPSA) is 43.6 Å². The molecule has 1 aliphatic carbocycles. The van der Waals surface area contributed by atoms with Crippen LogP contribution < -0.4 is 0 Å². The quantitative estimate of drug-likeness (QED) is 0.157. The smallest absolute Gasteiger partial charge is 0.238 e. The predicted octanol–water partition coefficient (Wildman–Crippen LogP) is 13.5. The highest BCUT2D eigenvalue weighted by Crippen LogP contribution is 2.51. The number of terminal acetylenes is 4. The van der Waals surface area contributed by atoms with Crippen molar-refractivity contribution in [2.75, 3.05) is 0 Å². The zero-order valence-electron chi connectivity index (χ0n) is 36.3. The first-order chi connectivity index (χ1) is 32.3.